The van der Waals surface area contributed by atoms with E-state index in [1.165, 1.54) is 5.69 Å². The largest absolute Gasteiger partial charge is 1.00 e. The summed E-state index contributed by atoms with van der Waals surface area (Å²) in [4.78, 5) is 14.3. The van der Waals surface area contributed by atoms with E-state index in [9.17, 15) is 4.79 Å². The summed E-state index contributed by atoms with van der Waals surface area (Å²) >= 11 is 0. The van der Waals surface area contributed by atoms with Crippen LogP contribution in [0.15, 0.2) is 48.5 Å². The highest BCUT2D eigenvalue weighted by Crippen LogP contribution is 2.22. The Morgan fingerprint density at radius 2 is 1.78 bits per heavy atom. The molecule has 6 heteroatoms. The molecule has 0 aromatic heterocycles. The first-order valence-corrected chi connectivity index (χ1v) is 9.22. The number of benzene rings is 2. The SMILES string of the molecule is CCN(CC)c1ccc(NC(=O)NCCCOc2ccccc2)c(C)c1.[Cl-]. The number of amides is 2. The number of carbonyl (C=O) groups is 1. The minimum Gasteiger partial charge on any atom is -1.00 e. The number of aryl methyl sites for hydroxylation is 1. The van der Waals surface area contributed by atoms with Crippen molar-refractivity contribution >= 4 is 17.4 Å². The van der Waals surface area contributed by atoms with Gasteiger partial charge in [-0.2, -0.15) is 0 Å². The molecule has 0 heterocycles. The summed E-state index contributed by atoms with van der Waals surface area (Å²) in [6.07, 6.45) is 0.752. The molecule has 0 bridgehead atoms. The van der Waals surface area contributed by atoms with Crippen molar-refractivity contribution in [3.8, 4) is 5.75 Å². The Bertz CT molecular complexity index is 691. The first kappa shape index (κ1) is 22.6. The minimum atomic E-state index is -0.191. The van der Waals surface area contributed by atoms with Crippen LogP contribution in [0.2, 0.25) is 0 Å². The molecule has 5 nitrogen and oxygen atoms in total. The van der Waals surface area contributed by atoms with Crippen LogP contribution in [0.25, 0.3) is 0 Å². The standard InChI is InChI=1S/C21H29N3O2.ClH/c1-4-24(5-2)18-12-13-20(17(3)16-18)23-21(25)22-14-9-15-26-19-10-7-6-8-11-19;/h6-8,10-13,16H,4-5,9,14-15H2,1-3H3,(H2,22,23,25);1H/p-1. The fourth-order valence-electron chi connectivity index (χ4n) is 2.72. The summed E-state index contributed by atoms with van der Waals surface area (Å²) < 4.78 is 5.61. The van der Waals surface area contributed by atoms with Gasteiger partial charge in [0.05, 0.1) is 6.61 Å². The van der Waals surface area contributed by atoms with Gasteiger partial charge in [0.25, 0.3) is 0 Å². The molecule has 2 rings (SSSR count). The zero-order chi connectivity index (χ0) is 18.8. The van der Waals surface area contributed by atoms with E-state index in [0.29, 0.717) is 13.2 Å². The molecule has 2 aromatic carbocycles. The Hall–Kier alpha value is -2.40. The Morgan fingerprint density at radius 3 is 2.41 bits per heavy atom. The van der Waals surface area contributed by atoms with Crippen LogP contribution in [0, 0.1) is 6.92 Å². The van der Waals surface area contributed by atoms with Gasteiger partial charge in [0.15, 0.2) is 0 Å². The second-order valence-corrected chi connectivity index (χ2v) is 6.07. The van der Waals surface area contributed by atoms with Gasteiger partial charge in [-0.3, -0.25) is 0 Å². The number of para-hydroxylation sites is 1. The van der Waals surface area contributed by atoms with Crippen LogP contribution in [0.1, 0.15) is 25.8 Å². The van der Waals surface area contributed by atoms with Gasteiger partial charge in [-0.05, 0) is 63.1 Å². The van der Waals surface area contributed by atoms with Gasteiger partial charge in [-0.1, -0.05) is 18.2 Å². The summed E-state index contributed by atoms with van der Waals surface area (Å²) in [6, 6.07) is 15.6. The normalized spacial score (nSPS) is 9.89. The second-order valence-electron chi connectivity index (χ2n) is 6.07. The van der Waals surface area contributed by atoms with Crippen LogP contribution < -0.4 is 32.7 Å². The minimum absolute atomic E-state index is 0. The van der Waals surface area contributed by atoms with E-state index in [1.807, 2.05) is 49.4 Å². The van der Waals surface area contributed by atoms with E-state index in [4.69, 9.17) is 4.74 Å². The molecular formula is C21H29ClN3O2-. The molecule has 0 spiro atoms. The number of hydrogen-bond acceptors (Lipinski definition) is 3. The highest BCUT2D eigenvalue weighted by atomic mass is 35.5. The maximum atomic E-state index is 12.1. The molecule has 0 saturated carbocycles. The van der Waals surface area contributed by atoms with Crippen molar-refractivity contribution in [3.05, 3.63) is 54.1 Å². The highest BCUT2D eigenvalue weighted by molar-refractivity contribution is 5.90. The molecule has 0 aliphatic carbocycles. The van der Waals surface area contributed by atoms with Crippen LogP contribution in [-0.2, 0) is 0 Å². The van der Waals surface area contributed by atoms with Gasteiger partial charge >= 0.3 is 6.03 Å². The zero-order valence-corrected chi connectivity index (χ0v) is 17.1. The van der Waals surface area contributed by atoms with E-state index in [0.717, 1.165) is 36.5 Å². The number of nitrogens with one attached hydrogen (secondary N) is 2. The lowest BCUT2D eigenvalue weighted by molar-refractivity contribution is -0.00000915. The van der Waals surface area contributed by atoms with Crippen molar-refractivity contribution in [2.75, 3.05) is 36.5 Å². The molecule has 0 unspecified atom stereocenters. The summed E-state index contributed by atoms with van der Waals surface area (Å²) in [7, 11) is 0. The van der Waals surface area contributed by atoms with Crippen molar-refractivity contribution in [2.45, 2.75) is 27.2 Å². The van der Waals surface area contributed by atoms with Crippen molar-refractivity contribution in [2.24, 2.45) is 0 Å². The molecule has 0 aliphatic rings. The number of ether oxygens (including phenoxy) is 1. The molecule has 0 fully saturated rings. The summed E-state index contributed by atoms with van der Waals surface area (Å²) in [5, 5.41) is 5.78. The monoisotopic (exact) mass is 390 g/mol. The van der Waals surface area contributed by atoms with Crippen LogP contribution in [0.3, 0.4) is 0 Å². The number of halogens is 1. The first-order chi connectivity index (χ1) is 12.6. The lowest BCUT2D eigenvalue weighted by atomic mass is 10.1. The van der Waals surface area contributed by atoms with E-state index in [2.05, 4.69) is 35.4 Å². The van der Waals surface area contributed by atoms with Crippen LogP contribution in [-0.4, -0.2) is 32.3 Å². The number of carbonyl (C=O) groups excluding carboxylic acids is 1. The molecule has 0 radical (unpaired) electrons. The van der Waals surface area contributed by atoms with Crippen molar-refractivity contribution in [1.29, 1.82) is 0 Å². The average Bonchev–Trinajstić information content (AvgIpc) is 2.65. The van der Waals surface area contributed by atoms with Crippen LogP contribution in [0.4, 0.5) is 16.2 Å². The Balaban J connectivity index is 0.00000364. The fourth-order valence-corrected chi connectivity index (χ4v) is 2.72. The molecule has 2 amide bonds. The van der Waals surface area contributed by atoms with Gasteiger partial charge in [0.1, 0.15) is 5.75 Å². The van der Waals surface area contributed by atoms with Gasteiger partial charge in [0.2, 0.25) is 0 Å². The summed E-state index contributed by atoms with van der Waals surface area (Å²) in [6.45, 7) is 9.36. The Labute approximate surface area is 168 Å². The Morgan fingerprint density at radius 1 is 1.07 bits per heavy atom. The van der Waals surface area contributed by atoms with Crippen molar-refractivity contribution in [3.63, 3.8) is 0 Å². The summed E-state index contributed by atoms with van der Waals surface area (Å²) in [5.74, 6) is 0.848. The van der Waals surface area contributed by atoms with E-state index in [-0.39, 0.29) is 18.4 Å². The van der Waals surface area contributed by atoms with Gasteiger partial charge in [0, 0.05) is 31.0 Å². The maximum absolute atomic E-state index is 12.1. The van der Waals surface area contributed by atoms with E-state index in [1.54, 1.807) is 0 Å². The third kappa shape index (κ3) is 7.39. The molecule has 2 N–H and O–H groups in total. The second kappa shape index (κ2) is 12.1. The number of anilines is 2. The quantitative estimate of drug-likeness (QED) is 0.637. The summed E-state index contributed by atoms with van der Waals surface area (Å²) in [5.41, 5.74) is 3.06. The van der Waals surface area contributed by atoms with Crippen LogP contribution >= 0.6 is 0 Å². The van der Waals surface area contributed by atoms with Gasteiger partial charge in [-0.15, -0.1) is 0 Å². The maximum Gasteiger partial charge on any atom is 0.319 e. The van der Waals surface area contributed by atoms with Crippen molar-refractivity contribution < 1.29 is 21.9 Å². The highest BCUT2D eigenvalue weighted by Gasteiger charge is 2.07. The van der Waals surface area contributed by atoms with Crippen molar-refractivity contribution in [1.82, 2.24) is 5.32 Å². The first-order valence-electron chi connectivity index (χ1n) is 9.22. The van der Waals surface area contributed by atoms with E-state index < -0.39 is 0 Å². The lowest BCUT2D eigenvalue weighted by Crippen LogP contribution is -3.00. The molecule has 2 aromatic rings. The molecular weight excluding hydrogens is 362 g/mol. The molecule has 0 aliphatic heterocycles. The molecule has 27 heavy (non-hydrogen) atoms. The molecule has 0 atom stereocenters. The van der Waals surface area contributed by atoms with Crippen LogP contribution in [0.5, 0.6) is 5.75 Å². The van der Waals surface area contributed by atoms with Gasteiger partial charge < -0.3 is 32.7 Å². The average molecular weight is 391 g/mol. The smallest absolute Gasteiger partial charge is 0.319 e. The predicted molar refractivity (Wildman–Crippen MR) is 108 cm³/mol. The number of hydrogen-bond donors (Lipinski definition) is 2. The Kier molecular flexibility index (Phi) is 10.1. The topological polar surface area (TPSA) is 53.6 Å². The molecule has 148 valence electrons. The number of nitrogens with zero attached hydrogens (tertiary/aromatic N) is 1. The molecule has 0 saturated heterocycles. The fraction of sp³-hybridized carbons (Fsp3) is 0.381. The zero-order valence-electron chi connectivity index (χ0n) is 16.3. The number of urea groups is 1. The number of rotatable bonds is 9. The van der Waals surface area contributed by atoms with E-state index >= 15 is 0 Å². The van der Waals surface area contributed by atoms with Gasteiger partial charge in [-0.25, -0.2) is 4.79 Å². The third-order valence-electron chi connectivity index (χ3n) is 4.21. The third-order valence-corrected chi connectivity index (χ3v) is 4.21. The lowest BCUT2D eigenvalue weighted by Gasteiger charge is -2.22. The predicted octanol–water partition coefficient (Wildman–Crippen LogP) is 1.44.